The Balaban J connectivity index is 1.76. The number of thioether (sulfide) groups is 1. The molecule has 3 aromatic rings. The first-order chi connectivity index (χ1) is 18.2. The summed E-state index contributed by atoms with van der Waals surface area (Å²) in [5.74, 6) is 3.08. The van der Waals surface area contributed by atoms with Gasteiger partial charge in [-0.05, 0) is 73.8 Å². The largest absolute Gasteiger partial charge is 0.493 e. The summed E-state index contributed by atoms with van der Waals surface area (Å²) in [6, 6.07) is 11.2. The Bertz CT molecular complexity index is 1350. The van der Waals surface area contributed by atoms with Crippen molar-refractivity contribution in [1.82, 2.24) is 14.8 Å². The fourth-order valence-electron chi connectivity index (χ4n) is 4.38. The molecule has 1 unspecified atom stereocenters. The van der Waals surface area contributed by atoms with Crippen LogP contribution >= 0.6 is 11.8 Å². The van der Waals surface area contributed by atoms with Gasteiger partial charge in [0.15, 0.2) is 11.5 Å². The van der Waals surface area contributed by atoms with E-state index >= 15 is 0 Å². The number of nitrogens with zero attached hydrogens (tertiary/aromatic N) is 3. The Hall–Kier alpha value is -3.46. The normalized spacial score (nSPS) is 14.8. The van der Waals surface area contributed by atoms with Gasteiger partial charge in [0, 0.05) is 11.4 Å². The van der Waals surface area contributed by atoms with Gasteiger partial charge < -0.3 is 20.1 Å². The number of fused-ring (bicyclic) bond motifs is 1. The number of benzene rings is 2. The minimum atomic E-state index is -0.506. The van der Waals surface area contributed by atoms with E-state index in [1.807, 2.05) is 57.2 Å². The standard InChI is InChI=1S/C29H37N5O3S/c1-8-38-29-32-28-30-20(6)25(27(35)31-22-11-9-10-18(4)19(22)5)26(34(28)33-29)21-12-13-23(24(16-21)36-7)37-15-14-17(2)3/h9-13,16-17,26H,8,14-15H2,1-7H3,(H,31,35)(H,30,32,33). The Morgan fingerprint density at radius 1 is 1.18 bits per heavy atom. The monoisotopic (exact) mass is 535 g/mol. The SMILES string of the molecule is CCSc1nc2n(n1)C(c1ccc(OCCC(C)C)c(OC)c1)C(C(=O)Nc1cccc(C)c1C)=C(C)N2. The molecule has 0 spiro atoms. The number of allylic oxidation sites excluding steroid dienone is 1. The van der Waals surface area contributed by atoms with E-state index in [4.69, 9.17) is 14.6 Å². The first-order valence-electron chi connectivity index (χ1n) is 13.0. The molecule has 0 fully saturated rings. The van der Waals surface area contributed by atoms with Crippen molar-refractivity contribution in [3.05, 3.63) is 64.4 Å². The number of carbonyl (C=O) groups is 1. The zero-order valence-corrected chi connectivity index (χ0v) is 24.0. The topological polar surface area (TPSA) is 90.3 Å². The van der Waals surface area contributed by atoms with Crippen LogP contribution in [0.5, 0.6) is 11.5 Å². The minimum absolute atomic E-state index is 0.198. The van der Waals surface area contributed by atoms with E-state index in [1.54, 1.807) is 23.6 Å². The molecule has 2 N–H and O–H groups in total. The molecule has 0 aliphatic carbocycles. The van der Waals surface area contributed by atoms with Crippen LogP contribution in [-0.2, 0) is 4.79 Å². The molecule has 1 atom stereocenters. The molecular weight excluding hydrogens is 498 g/mol. The van der Waals surface area contributed by atoms with E-state index in [9.17, 15) is 4.79 Å². The molecule has 38 heavy (non-hydrogen) atoms. The number of carbonyl (C=O) groups excluding carboxylic acids is 1. The van der Waals surface area contributed by atoms with Crippen molar-refractivity contribution in [2.75, 3.05) is 30.1 Å². The van der Waals surface area contributed by atoms with Crippen molar-refractivity contribution in [3.63, 3.8) is 0 Å². The molecule has 1 aliphatic rings. The summed E-state index contributed by atoms with van der Waals surface area (Å²) in [4.78, 5) is 18.5. The zero-order valence-electron chi connectivity index (χ0n) is 23.2. The third-order valence-corrected chi connectivity index (χ3v) is 7.38. The molecular formula is C29H37N5O3S. The number of aromatic nitrogens is 3. The van der Waals surface area contributed by atoms with Gasteiger partial charge in [-0.2, -0.15) is 4.98 Å². The number of anilines is 2. The summed E-state index contributed by atoms with van der Waals surface area (Å²) in [6.07, 6.45) is 0.948. The quantitative estimate of drug-likeness (QED) is 0.292. The second-order valence-corrected chi connectivity index (χ2v) is 11.0. The van der Waals surface area contributed by atoms with Gasteiger partial charge in [0.2, 0.25) is 11.1 Å². The summed E-state index contributed by atoms with van der Waals surface area (Å²) < 4.78 is 13.5. The molecule has 0 saturated carbocycles. The third-order valence-electron chi connectivity index (χ3n) is 6.66. The lowest BCUT2D eigenvalue weighted by Gasteiger charge is -2.29. The second kappa shape index (κ2) is 11.9. The van der Waals surface area contributed by atoms with Crippen LogP contribution in [0.3, 0.4) is 0 Å². The number of nitrogens with one attached hydrogen (secondary N) is 2. The van der Waals surface area contributed by atoms with Crippen molar-refractivity contribution in [1.29, 1.82) is 0 Å². The van der Waals surface area contributed by atoms with Gasteiger partial charge in [0.05, 0.1) is 19.3 Å². The summed E-state index contributed by atoms with van der Waals surface area (Å²) in [7, 11) is 1.63. The number of ether oxygens (including phenoxy) is 2. The third kappa shape index (κ3) is 5.83. The van der Waals surface area contributed by atoms with Gasteiger partial charge in [-0.15, -0.1) is 5.10 Å². The number of amides is 1. The smallest absolute Gasteiger partial charge is 0.255 e. The molecule has 4 rings (SSSR count). The average molecular weight is 536 g/mol. The summed E-state index contributed by atoms with van der Waals surface area (Å²) in [5, 5.41) is 11.9. The van der Waals surface area contributed by atoms with Crippen molar-refractivity contribution in [2.24, 2.45) is 5.92 Å². The predicted molar refractivity (Wildman–Crippen MR) is 153 cm³/mol. The van der Waals surface area contributed by atoms with Gasteiger partial charge in [-0.1, -0.05) is 50.7 Å². The van der Waals surface area contributed by atoms with Crippen LogP contribution in [0.2, 0.25) is 0 Å². The fraction of sp³-hybridized carbons (Fsp3) is 0.414. The molecule has 1 aliphatic heterocycles. The lowest BCUT2D eigenvalue weighted by molar-refractivity contribution is -0.113. The van der Waals surface area contributed by atoms with E-state index in [0.717, 1.165) is 40.2 Å². The van der Waals surface area contributed by atoms with Crippen LogP contribution in [0.15, 0.2) is 52.8 Å². The van der Waals surface area contributed by atoms with Crippen LogP contribution < -0.4 is 20.1 Å². The van der Waals surface area contributed by atoms with Gasteiger partial charge in [-0.3, -0.25) is 4.79 Å². The number of methoxy groups -OCH3 is 1. The molecule has 9 heteroatoms. The predicted octanol–water partition coefficient (Wildman–Crippen LogP) is 6.37. The Morgan fingerprint density at radius 2 is 1.97 bits per heavy atom. The highest BCUT2D eigenvalue weighted by Crippen LogP contribution is 2.40. The summed E-state index contributed by atoms with van der Waals surface area (Å²) in [5.41, 5.74) is 5.07. The maximum atomic E-state index is 13.9. The molecule has 0 bridgehead atoms. The molecule has 0 saturated heterocycles. The maximum absolute atomic E-state index is 13.9. The highest BCUT2D eigenvalue weighted by molar-refractivity contribution is 7.99. The molecule has 1 amide bonds. The average Bonchev–Trinajstić information content (AvgIpc) is 3.28. The first kappa shape index (κ1) is 27.6. The van der Waals surface area contributed by atoms with E-state index < -0.39 is 6.04 Å². The lowest BCUT2D eigenvalue weighted by Crippen LogP contribution is -2.31. The van der Waals surface area contributed by atoms with E-state index in [0.29, 0.717) is 40.7 Å². The van der Waals surface area contributed by atoms with Gasteiger partial charge in [0.1, 0.15) is 6.04 Å². The lowest BCUT2D eigenvalue weighted by atomic mass is 9.94. The molecule has 8 nitrogen and oxygen atoms in total. The molecule has 202 valence electrons. The van der Waals surface area contributed by atoms with E-state index in [1.165, 1.54) is 0 Å². The van der Waals surface area contributed by atoms with E-state index in [-0.39, 0.29) is 5.91 Å². The maximum Gasteiger partial charge on any atom is 0.255 e. The highest BCUT2D eigenvalue weighted by Gasteiger charge is 2.35. The molecule has 2 aromatic carbocycles. The Kier molecular flexibility index (Phi) is 8.66. The van der Waals surface area contributed by atoms with Crippen LogP contribution in [0, 0.1) is 19.8 Å². The van der Waals surface area contributed by atoms with Gasteiger partial charge >= 0.3 is 0 Å². The fourth-order valence-corrected chi connectivity index (χ4v) is 4.93. The molecule has 2 heterocycles. The summed E-state index contributed by atoms with van der Waals surface area (Å²) in [6.45, 7) is 12.9. The van der Waals surface area contributed by atoms with Crippen LogP contribution in [0.25, 0.3) is 0 Å². The minimum Gasteiger partial charge on any atom is -0.493 e. The van der Waals surface area contributed by atoms with Crippen LogP contribution in [-0.4, -0.2) is 40.1 Å². The zero-order chi connectivity index (χ0) is 27.4. The van der Waals surface area contributed by atoms with Gasteiger partial charge in [0.25, 0.3) is 5.91 Å². The number of aryl methyl sites for hydroxylation is 1. The first-order valence-corrected chi connectivity index (χ1v) is 14.0. The second-order valence-electron chi connectivity index (χ2n) is 9.80. The Labute approximate surface area is 229 Å². The number of rotatable bonds is 10. The van der Waals surface area contributed by atoms with Crippen molar-refractivity contribution < 1.29 is 14.3 Å². The summed E-state index contributed by atoms with van der Waals surface area (Å²) >= 11 is 1.56. The van der Waals surface area contributed by atoms with Crippen molar-refractivity contribution >= 4 is 29.3 Å². The van der Waals surface area contributed by atoms with Crippen LogP contribution in [0.4, 0.5) is 11.6 Å². The molecule has 0 radical (unpaired) electrons. The van der Waals surface area contributed by atoms with Crippen molar-refractivity contribution in [2.45, 2.75) is 59.2 Å². The Morgan fingerprint density at radius 3 is 2.68 bits per heavy atom. The highest BCUT2D eigenvalue weighted by atomic mass is 32.2. The van der Waals surface area contributed by atoms with E-state index in [2.05, 4.69) is 36.4 Å². The molecule has 1 aromatic heterocycles. The number of hydrogen-bond acceptors (Lipinski definition) is 7. The van der Waals surface area contributed by atoms with Crippen molar-refractivity contribution in [3.8, 4) is 11.5 Å². The van der Waals surface area contributed by atoms with Crippen LogP contribution in [0.1, 0.15) is 56.8 Å². The van der Waals surface area contributed by atoms with Gasteiger partial charge in [-0.25, -0.2) is 4.68 Å². The number of hydrogen-bond donors (Lipinski definition) is 2.